The molecule has 0 bridgehead atoms. The molecule has 0 radical (unpaired) electrons. The highest BCUT2D eigenvalue weighted by molar-refractivity contribution is 5.86. The lowest BCUT2D eigenvalue weighted by atomic mass is 10.2. The molecule has 1 N–H and O–H groups in total. The fraction of sp³-hybridized carbons (Fsp3) is 0.867. The Morgan fingerprint density at radius 1 is 1.33 bits per heavy atom. The highest BCUT2D eigenvalue weighted by Gasteiger charge is 2.36. The van der Waals surface area contributed by atoms with Crippen molar-refractivity contribution in [2.75, 3.05) is 33.7 Å². The molecule has 0 aromatic carbocycles. The second-order valence-corrected chi connectivity index (χ2v) is 6.78. The molecule has 6 nitrogen and oxygen atoms in total. The van der Waals surface area contributed by atoms with Gasteiger partial charge in [-0.25, -0.2) is 4.79 Å². The van der Waals surface area contributed by atoms with Crippen LogP contribution in [-0.4, -0.2) is 67.2 Å². The highest BCUT2D eigenvalue weighted by atomic mass is 16.6. The third-order valence-electron chi connectivity index (χ3n) is 3.26. The van der Waals surface area contributed by atoms with Crippen LogP contribution < -0.4 is 5.32 Å². The molecule has 1 heterocycles. The lowest BCUT2D eigenvalue weighted by Gasteiger charge is -2.28. The zero-order chi connectivity index (χ0) is 16.0. The molecule has 122 valence electrons. The third-order valence-corrected chi connectivity index (χ3v) is 3.26. The molecule has 0 aromatic heterocycles. The standard InChI is InChI=1S/C15H29N3O3/c1-15(2,3)21-14(20)18-11-6-8-12(18)13(19)16-9-7-10-17(4)5/h12H,6-11H2,1-5H3,(H,16,19). The molecule has 1 fully saturated rings. The van der Waals surface area contributed by atoms with Gasteiger partial charge >= 0.3 is 6.09 Å². The van der Waals surface area contributed by atoms with Crippen LogP contribution in [0.1, 0.15) is 40.0 Å². The van der Waals surface area contributed by atoms with Crippen molar-refractivity contribution in [3.8, 4) is 0 Å². The summed E-state index contributed by atoms with van der Waals surface area (Å²) < 4.78 is 5.36. The summed E-state index contributed by atoms with van der Waals surface area (Å²) in [4.78, 5) is 27.9. The summed E-state index contributed by atoms with van der Waals surface area (Å²) in [6, 6.07) is -0.390. The molecule has 1 aliphatic rings. The SMILES string of the molecule is CN(C)CCCNC(=O)C1CCCN1C(=O)OC(C)(C)C. The number of likely N-dealkylation sites (tertiary alicyclic amines) is 1. The summed E-state index contributed by atoms with van der Waals surface area (Å²) >= 11 is 0. The fourth-order valence-corrected chi connectivity index (χ4v) is 2.30. The van der Waals surface area contributed by atoms with Crippen molar-refractivity contribution in [1.29, 1.82) is 0 Å². The molecule has 1 atom stereocenters. The van der Waals surface area contributed by atoms with Gasteiger partial charge in [-0.1, -0.05) is 0 Å². The van der Waals surface area contributed by atoms with E-state index in [1.165, 1.54) is 0 Å². The van der Waals surface area contributed by atoms with Crippen LogP contribution >= 0.6 is 0 Å². The van der Waals surface area contributed by atoms with Crippen molar-refractivity contribution >= 4 is 12.0 Å². The van der Waals surface area contributed by atoms with Gasteiger partial charge in [-0.3, -0.25) is 9.69 Å². The predicted octanol–water partition coefficient (Wildman–Crippen LogP) is 1.45. The Bertz CT molecular complexity index is 364. The topological polar surface area (TPSA) is 61.9 Å². The van der Waals surface area contributed by atoms with E-state index < -0.39 is 11.7 Å². The van der Waals surface area contributed by atoms with Crippen molar-refractivity contribution in [2.45, 2.75) is 51.7 Å². The zero-order valence-corrected chi connectivity index (χ0v) is 13.9. The van der Waals surface area contributed by atoms with E-state index in [0.717, 1.165) is 19.4 Å². The van der Waals surface area contributed by atoms with Crippen molar-refractivity contribution in [2.24, 2.45) is 0 Å². The fourth-order valence-electron chi connectivity index (χ4n) is 2.30. The summed E-state index contributed by atoms with van der Waals surface area (Å²) in [5, 5.41) is 2.91. The largest absolute Gasteiger partial charge is 0.444 e. The quantitative estimate of drug-likeness (QED) is 0.781. The summed E-state index contributed by atoms with van der Waals surface area (Å²) in [7, 11) is 4.01. The van der Waals surface area contributed by atoms with Gasteiger partial charge in [-0.2, -0.15) is 0 Å². The average Bonchev–Trinajstić information content (AvgIpc) is 2.81. The van der Waals surface area contributed by atoms with E-state index in [4.69, 9.17) is 4.74 Å². The number of carbonyl (C=O) groups is 2. The molecular formula is C15H29N3O3. The summed E-state index contributed by atoms with van der Waals surface area (Å²) in [6.07, 6.45) is 2.06. The van der Waals surface area contributed by atoms with E-state index >= 15 is 0 Å². The zero-order valence-electron chi connectivity index (χ0n) is 13.9. The van der Waals surface area contributed by atoms with E-state index in [1.807, 2.05) is 34.9 Å². The molecule has 21 heavy (non-hydrogen) atoms. The van der Waals surface area contributed by atoms with Crippen LogP contribution in [0.3, 0.4) is 0 Å². The van der Waals surface area contributed by atoms with Crippen LogP contribution in [0.25, 0.3) is 0 Å². The molecule has 1 aliphatic heterocycles. The minimum Gasteiger partial charge on any atom is -0.444 e. The normalized spacial score (nSPS) is 19.0. The van der Waals surface area contributed by atoms with Gasteiger partial charge in [0, 0.05) is 13.1 Å². The van der Waals surface area contributed by atoms with Crippen LogP contribution in [-0.2, 0) is 9.53 Å². The Kier molecular flexibility index (Phi) is 6.45. The number of amides is 2. The van der Waals surface area contributed by atoms with Crippen LogP contribution in [0.5, 0.6) is 0 Å². The first kappa shape index (κ1) is 17.8. The van der Waals surface area contributed by atoms with Crippen LogP contribution in [0, 0.1) is 0 Å². The molecule has 6 heteroatoms. The van der Waals surface area contributed by atoms with Crippen molar-refractivity contribution in [3.63, 3.8) is 0 Å². The molecule has 0 saturated carbocycles. The van der Waals surface area contributed by atoms with Crippen LogP contribution in [0.2, 0.25) is 0 Å². The molecule has 0 aromatic rings. The van der Waals surface area contributed by atoms with Crippen LogP contribution in [0.4, 0.5) is 4.79 Å². The van der Waals surface area contributed by atoms with Gasteiger partial charge in [-0.15, -0.1) is 0 Å². The molecule has 1 saturated heterocycles. The molecule has 1 unspecified atom stereocenters. The summed E-state index contributed by atoms with van der Waals surface area (Å²) in [6.45, 7) is 7.65. The lowest BCUT2D eigenvalue weighted by Crippen LogP contribution is -2.47. The second kappa shape index (κ2) is 7.64. The Morgan fingerprint density at radius 3 is 2.57 bits per heavy atom. The lowest BCUT2D eigenvalue weighted by molar-refractivity contribution is -0.125. The van der Waals surface area contributed by atoms with Gasteiger partial charge < -0.3 is 15.0 Å². The van der Waals surface area contributed by atoms with Gasteiger partial charge in [-0.05, 0) is 60.7 Å². The second-order valence-electron chi connectivity index (χ2n) is 6.78. The van der Waals surface area contributed by atoms with Crippen LogP contribution in [0.15, 0.2) is 0 Å². The minimum atomic E-state index is -0.535. The molecular weight excluding hydrogens is 270 g/mol. The van der Waals surface area contributed by atoms with Gasteiger partial charge in [0.1, 0.15) is 11.6 Å². The monoisotopic (exact) mass is 299 g/mol. The summed E-state index contributed by atoms with van der Waals surface area (Å²) in [5.74, 6) is -0.0721. The highest BCUT2D eigenvalue weighted by Crippen LogP contribution is 2.20. The van der Waals surface area contributed by atoms with Gasteiger partial charge in [0.05, 0.1) is 0 Å². The number of rotatable bonds is 5. The first-order valence-electron chi connectivity index (χ1n) is 7.63. The number of hydrogen-bond acceptors (Lipinski definition) is 4. The Hall–Kier alpha value is -1.30. The average molecular weight is 299 g/mol. The maximum Gasteiger partial charge on any atom is 0.410 e. The van der Waals surface area contributed by atoms with E-state index in [1.54, 1.807) is 4.90 Å². The van der Waals surface area contributed by atoms with Crippen molar-refractivity contribution in [3.05, 3.63) is 0 Å². The van der Waals surface area contributed by atoms with Crippen molar-refractivity contribution < 1.29 is 14.3 Å². The number of hydrogen-bond donors (Lipinski definition) is 1. The Balaban J connectivity index is 2.45. The number of carbonyl (C=O) groups excluding carboxylic acids is 2. The summed E-state index contributed by atoms with van der Waals surface area (Å²) in [5.41, 5.74) is -0.535. The number of nitrogens with zero attached hydrogens (tertiary/aromatic N) is 2. The van der Waals surface area contributed by atoms with E-state index in [2.05, 4.69) is 10.2 Å². The van der Waals surface area contributed by atoms with E-state index in [-0.39, 0.29) is 11.9 Å². The predicted molar refractivity (Wildman–Crippen MR) is 82.1 cm³/mol. The van der Waals surface area contributed by atoms with E-state index in [0.29, 0.717) is 19.5 Å². The minimum absolute atomic E-state index is 0.0721. The number of nitrogens with one attached hydrogen (secondary N) is 1. The Morgan fingerprint density at radius 2 is 2.00 bits per heavy atom. The molecule has 1 rings (SSSR count). The van der Waals surface area contributed by atoms with Gasteiger partial charge in [0.15, 0.2) is 0 Å². The number of ether oxygens (including phenoxy) is 1. The Labute approximate surface area is 127 Å². The van der Waals surface area contributed by atoms with Crippen molar-refractivity contribution in [1.82, 2.24) is 15.1 Å². The maximum absolute atomic E-state index is 12.2. The van der Waals surface area contributed by atoms with E-state index in [9.17, 15) is 9.59 Å². The first-order valence-corrected chi connectivity index (χ1v) is 7.63. The van der Waals surface area contributed by atoms with Gasteiger partial charge in [0.2, 0.25) is 5.91 Å². The van der Waals surface area contributed by atoms with Gasteiger partial charge in [0.25, 0.3) is 0 Å². The first-order chi connectivity index (χ1) is 9.70. The maximum atomic E-state index is 12.2. The smallest absolute Gasteiger partial charge is 0.410 e. The molecule has 2 amide bonds. The third kappa shape index (κ3) is 6.33. The molecule has 0 spiro atoms. The molecule has 0 aliphatic carbocycles.